The largest absolute Gasteiger partial charge is 0.497 e. The van der Waals surface area contributed by atoms with Gasteiger partial charge in [0.2, 0.25) is 0 Å². The molecule has 0 radical (unpaired) electrons. The summed E-state index contributed by atoms with van der Waals surface area (Å²) >= 11 is 5.89. The van der Waals surface area contributed by atoms with Crippen LogP contribution in [0.4, 0.5) is 0 Å². The molecule has 0 saturated carbocycles. The predicted octanol–water partition coefficient (Wildman–Crippen LogP) is 4.11. The van der Waals surface area contributed by atoms with Gasteiger partial charge in [0, 0.05) is 16.1 Å². The predicted molar refractivity (Wildman–Crippen MR) is 113 cm³/mol. The highest BCUT2D eigenvalue weighted by molar-refractivity contribution is 6.30. The Kier molecular flexibility index (Phi) is 5.01. The molecular formula is C22H16ClN3O3. The number of carbonyl (C=O) groups excluding carboxylic acids is 1. The van der Waals surface area contributed by atoms with Gasteiger partial charge in [0.15, 0.2) is 5.82 Å². The van der Waals surface area contributed by atoms with Crippen molar-refractivity contribution in [3.05, 3.63) is 93.7 Å². The summed E-state index contributed by atoms with van der Waals surface area (Å²) in [5.41, 5.74) is 3.81. The fourth-order valence-corrected chi connectivity index (χ4v) is 3.09. The first kappa shape index (κ1) is 18.7. The number of amides is 1. The maximum atomic E-state index is 13.2. The SMILES string of the molecule is COc1cccc(-c2nc3ccccc3c(=O)n2NC(=O)c2ccc(Cl)cc2)c1. The number of nitrogens with zero attached hydrogens (tertiary/aromatic N) is 2. The monoisotopic (exact) mass is 405 g/mol. The Labute approximate surface area is 171 Å². The number of carbonyl (C=O) groups is 1. The van der Waals surface area contributed by atoms with Gasteiger partial charge in [-0.2, -0.15) is 4.68 Å². The van der Waals surface area contributed by atoms with Crippen molar-refractivity contribution in [1.29, 1.82) is 0 Å². The summed E-state index contributed by atoms with van der Waals surface area (Å²) in [6.45, 7) is 0. The molecule has 0 aliphatic heterocycles. The van der Waals surface area contributed by atoms with E-state index in [1.54, 1.807) is 79.9 Å². The second-order valence-corrected chi connectivity index (χ2v) is 6.71. The molecule has 4 aromatic rings. The highest BCUT2D eigenvalue weighted by Gasteiger charge is 2.16. The summed E-state index contributed by atoms with van der Waals surface area (Å²) in [6, 6.07) is 20.5. The van der Waals surface area contributed by atoms with Gasteiger partial charge < -0.3 is 4.74 Å². The highest BCUT2D eigenvalue weighted by atomic mass is 35.5. The third kappa shape index (κ3) is 3.70. The summed E-state index contributed by atoms with van der Waals surface area (Å²) in [5, 5.41) is 0.915. The molecule has 0 atom stereocenters. The lowest BCUT2D eigenvalue weighted by atomic mass is 10.1. The molecule has 1 amide bonds. The van der Waals surface area contributed by atoms with E-state index in [1.807, 2.05) is 0 Å². The third-order valence-corrected chi connectivity index (χ3v) is 4.68. The average Bonchev–Trinajstić information content (AvgIpc) is 2.76. The van der Waals surface area contributed by atoms with Crippen molar-refractivity contribution in [2.75, 3.05) is 12.5 Å². The number of nitrogens with one attached hydrogen (secondary N) is 1. The number of hydrogen-bond acceptors (Lipinski definition) is 4. The van der Waals surface area contributed by atoms with Crippen LogP contribution in [0.1, 0.15) is 10.4 Å². The molecule has 0 aliphatic rings. The molecule has 1 N–H and O–H groups in total. The summed E-state index contributed by atoms with van der Waals surface area (Å²) in [4.78, 5) is 30.5. The Bertz CT molecular complexity index is 1270. The van der Waals surface area contributed by atoms with Crippen molar-refractivity contribution < 1.29 is 9.53 Å². The number of fused-ring (bicyclic) bond motifs is 1. The van der Waals surface area contributed by atoms with Crippen molar-refractivity contribution in [2.24, 2.45) is 0 Å². The summed E-state index contributed by atoms with van der Waals surface area (Å²) in [7, 11) is 1.56. The van der Waals surface area contributed by atoms with Gasteiger partial charge in [0.1, 0.15) is 5.75 Å². The van der Waals surface area contributed by atoms with Gasteiger partial charge >= 0.3 is 0 Å². The normalized spacial score (nSPS) is 10.7. The Morgan fingerprint density at radius 2 is 1.79 bits per heavy atom. The highest BCUT2D eigenvalue weighted by Crippen LogP contribution is 2.23. The minimum absolute atomic E-state index is 0.301. The maximum absolute atomic E-state index is 13.2. The lowest BCUT2D eigenvalue weighted by Gasteiger charge is -2.15. The number of hydrogen-bond donors (Lipinski definition) is 1. The number of halogens is 1. The van der Waals surface area contributed by atoms with Crippen LogP contribution in [0.3, 0.4) is 0 Å². The van der Waals surface area contributed by atoms with Crippen molar-refractivity contribution in [3.63, 3.8) is 0 Å². The lowest BCUT2D eigenvalue weighted by molar-refractivity contribution is 0.101. The Hall–Kier alpha value is -3.64. The van der Waals surface area contributed by atoms with Gasteiger partial charge in [0.05, 0.1) is 18.0 Å². The van der Waals surface area contributed by atoms with Gasteiger partial charge in [-0.3, -0.25) is 15.0 Å². The molecule has 0 fully saturated rings. The molecule has 1 aromatic heterocycles. The summed E-state index contributed by atoms with van der Waals surface area (Å²) in [6.07, 6.45) is 0. The van der Waals surface area contributed by atoms with E-state index in [1.165, 1.54) is 0 Å². The van der Waals surface area contributed by atoms with E-state index in [4.69, 9.17) is 16.3 Å². The third-order valence-electron chi connectivity index (χ3n) is 4.42. The topological polar surface area (TPSA) is 73.2 Å². The molecule has 144 valence electrons. The van der Waals surface area contributed by atoms with E-state index in [9.17, 15) is 9.59 Å². The fourth-order valence-electron chi connectivity index (χ4n) is 2.96. The molecule has 0 bridgehead atoms. The molecule has 3 aromatic carbocycles. The quantitative estimate of drug-likeness (QED) is 0.554. The first-order valence-corrected chi connectivity index (χ1v) is 9.18. The first-order chi connectivity index (χ1) is 14.1. The zero-order valence-electron chi connectivity index (χ0n) is 15.4. The molecule has 1 heterocycles. The number of methoxy groups -OCH3 is 1. The van der Waals surface area contributed by atoms with Crippen LogP contribution in [0.5, 0.6) is 5.75 Å². The molecule has 0 aliphatic carbocycles. The van der Waals surface area contributed by atoms with Gasteiger partial charge in [0.25, 0.3) is 11.5 Å². The van der Waals surface area contributed by atoms with Gasteiger partial charge in [-0.15, -0.1) is 0 Å². The fraction of sp³-hybridized carbons (Fsp3) is 0.0455. The molecular weight excluding hydrogens is 390 g/mol. The second kappa shape index (κ2) is 7.77. The number of aromatic nitrogens is 2. The Morgan fingerprint density at radius 1 is 1.03 bits per heavy atom. The van der Waals surface area contributed by atoms with E-state index in [0.29, 0.717) is 38.6 Å². The van der Waals surface area contributed by atoms with Crippen LogP contribution in [-0.2, 0) is 0 Å². The van der Waals surface area contributed by atoms with E-state index in [2.05, 4.69) is 10.4 Å². The van der Waals surface area contributed by atoms with E-state index in [-0.39, 0.29) is 5.56 Å². The molecule has 6 nitrogen and oxygen atoms in total. The van der Waals surface area contributed by atoms with Crippen LogP contribution in [0, 0.1) is 0 Å². The molecule has 7 heteroatoms. The zero-order valence-corrected chi connectivity index (χ0v) is 16.2. The number of para-hydroxylation sites is 1. The molecule has 0 spiro atoms. The Balaban J connectivity index is 1.88. The minimum atomic E-state index is -0.454. The van der Waals surface area contributed by atoms with E-state index in [0.717, 1.165) is 4.68 Å². The molecule has 0 saturated heterocycles. The van der Waals surface area contributed by atoms with Gasteiger partial charge in [-0.1, -0.05) is 35.9 Å². The van der Waals surface area contributed by atoms with Gasteiger partial charge in [-0.25, -0.2) is 4.98 Å². The molecule has 0 unspecified atom stereocenters. The Morgan fingerprint density at radius 3 is 2.55 bits per heavy atom. The van der Waals surface area contributed by atoms with E-state index < -0.39 is 5.91 Å². The van der Waals surface area contributed by atoms with Crippen molar-refractivity contribution in [1.82, 2.24) is 9.66 Å². The van der Waals surface area contributed by atoms with Crippen LogP contribution < -0.4 is 15.7 Å². The molecule has 4 rings (SSSR count). The lowest BCUT2D eigenvalue weighted by Crippen LogP contribution is -2.35. The standard InChI is InChI=1S/C22H16ClN3O3/c1-29-17-6-4-5-15(13-17)20-24-19-8-3-2-7-18(19)22(28)26(20)25-21(27)14-9-11-16(23)12-10-14/h2-13H,1H3,(H,25,27). The summed E-state index contributed by atoms with van der Waals surface area (Å²) in [5.74, 6) is 0.459. The smallest absolute Gasteiger partial charge is 0.280 e. The van der Waals surface area contributed by atoms with Crippen LogP contribution in [0.25, 0.3) is 22.3 Å². The first-order valence-electron chi connectivity index (χ1n) is 8.80. The maximum Gasteiger partial charge on any atom is 0.280 e. The number of rotatable bonds is 4. The average molecular weight is 406 g/mol. The van der Waals surface area contributed by atoms with Crippen LogP contribution in [0.2, 0.25) is 5.02 Å². The van der Waals surface area contributed by atoms with Crippen LogP contribution in [-0.4, -0.2) is 22.7 Å². The number of ether oxygens (including phenoxy) is 1. The van der Waals surface area contributed by atoms with Crippen LogP contribution in [0.15, 0.2) is 77.6 Å². The van der Waals surface area contributed by atoms with E-state index >= 15 is 0 Å². The second-order valence-electron chi connectivity index (χ2n) is 6.27. The minimum Gasteiger partial charge on any atom is -0.497 e. The van der Waals surface area contributed by atoms with Crippen molar-refractivity contribution >= 4 is 28.4 Å². The van der Waals surface area contributed by atoms with Crippen molar-refractivity contribution in [3.8, 4) is 17.1 Å². The zero-order chi connectivity index (χ0) is 20.4. The number of benzene rings is 3. The van der Waals surface area contributed by atoms with Gasteiger partial charge in [-0.05, 0) is 48.5 Å². The van der Waals surface area contributed by atoms with Crippen LogP contribution >= 0.6 is 11.6 Å². The molecule has 29 heavy (non-hydrogen) atoms. The summed E-state index contributed by atoms with van der Waals surface area (Å²) < 4.78 is 6.44. The van der Waals surface area contributed by atoms with Crippen molar-refractivity contribution in [2.45, 2.75) is 0 Å².